The van der Waals surface area contributed by atoms with Crippen LogP contribution in [-0.2, 0) is 12.8 Å². The molecule has 3 rings (SSSR count). The Kier molecular flexibility index (Phi) is 3.97. The number of nitrogens with one attached hydrogen (secondary N) is 1. The molecule has 0 bridgehead atoms. The van der Waals surface area contributed by atoms with Crippen LogP contribution in [0.15, 0.2) is 18.2 Å². The third kappa shape index (κ3) is 2.55. The van der Waals surface area contributed by atoms with Crippen molar-refractivity contribution in [2.75, 3.05) is 26.2 Å². The fraction of sp³-hybridized carbons (Fsp3) is 0.529. The molecule has 0 fully saturated rings. The Morgan fingerprint density at radius 1 is 1.20 bits per heavy atom. The minimum absolute atomic E-state index is 0.724. The van der Waals surface area contributed by atoms with Gasteiger partial charge in [0.05, 0.1) is 6.61 Å². The van der Waals surface area contributed by atoms with Crippen LogP contribution in [0, 0.1) is 0 Å². The molecule has 0 saturated heterocycles. The van der Waals surface area contributed by atoms with E-state index in [1.807, 2.05) is 6.92 Å². The van der Waals surface area contributed by atoms with E-state index in [-0.39, 0.29) is 0 Å². The predicted molar refractivity (Wildman–Crippen MR) is 83.6 cm³/mol. The number of aryl methyl sites for hydroxylation is 1. The van der Waals surface area contributed by atoms with Crippen molar-refractivity contribution in [3.05, 3.63) is 29.5 Å². The van der Waals surface area contributed by atoms with Gasteiger partial charge in [0.15, 0.2) is 0 Å². The first-order chi connectivity index (χ1) is 9.81. The lowest BCUT2D eigenvalue weighted by Crippen LogP contribution is -2.29. The van der Waals surface area contributed by atoms with Crippen LogP contribution in [-0.4, -0.2) is 36.1 Å². The Morgan fingerprint density at radius 3 is 2.90 bits per heavy atom. The zero-order chi connectivity index (χ0) is 13.9. The van der Waals surface area contributed by atoms with E-state index >= 15 is 0 Å². The highest BCUT2D eigenvalue weighted by Crippen LogP contribution is 2.29. The monoisotopic (exact) mass is 272 g/mol. The van der Waals surface area contributed by atoms with Gasteiger partial charge in [-0.2, -0.15) is 0 Å². The number of benzene rings is 1. The van der Waals surface area contributed by atoms with Crippen LogP contribution in [0.5, 0.6) is 5.75 Å². The van der Waals surface area contributed by atoms with Gasteiger partial charge in [0.2, 0.25) is 0 Å². The molecule has 3 heteroatoms. The van der Waals surface area contributed by atoms with Gasteiger partial charge in [-0.1, -0.05) is 6.92 Å². The number of fused-ring (bicyclic) bond motifs is 3. The lowest BCUT2D eigenvalue weighted by molar-refractivity contribution is 0.283. The van der Waals surface area contributed by atoms with E-state index in [4.69, 9.17) is 4.74 Å². The fourth-order valence-corrected chi connectivity index (χ4v) is 3.22. The molecular formula is C17H24N2O. The Labute approximate surface area is 120 Å². The topological polar surface area (TPSA) is 28.3 Å². The van der Waals surface area contributed by atoms with E-state index in [0.717, 1.165) is 38.3 Å². The van der Waals surface area contributed by atoms with E-state index < -0.39 is 0 Å². The molecule has 1 aromatic carbocycles. The highest BCUT2D eigenvalue weighted by molar-refractivity contribution is 5.86. The van der Waals surface area contributed by atoms with Crippen LogP contribution in [0.4, 0.5) is 0 Å². The molecule has 0 amide bonds. The maximum Gasteiger partial charge on any atom is 0.120 e. The third-order valence-corrected chi connectivity index (χ3v) is 4.30. The van der Waals surface area contributed by atoms with Crippen LogP contribution >= 0.6 is 0 Å². The molecule has 108 valence electrons. The molecule has 20 heavy (non-hydrogen) atoms. The van der Waals surface area contributed by atoms with Crippen molar-refractivity contribution in [3.8, 4) is 5.75 Å². The lowest BCUT2D eigenvalue weighted by atomic mass is 10.0. The molecule has 1 aliphatic heterocycles. The summed E-state index contributed by atoms with van der Waals surface area (Å²) < 4.78 is 5.65. The predicted octanol–water partition coefficient (Wildman–Crippen LogP) is 3.38. The molecular weight excluding hydrogens is 248 g/mol. The molecule has 1 N–H and O–H groups in total. The summed E-state index contributed by atoms with van der Waals surface area (Å²) >= 11 is 0. The quantitative estimate of drug-likeness (QED) is 0.928. The molecule has 3 nitrogen and oxygen atoms in total. The Balaban J connectivity index is 1.98. The van der Waals surface area contributed by atoms with E-state index in [0.29, 0.717) is 0 Å². The molecule has 2 heterocycles. The molecule has 0 saturated carbocycles. The number of hydrogen-bond acceptors (Lipinski definition) is 2. The summed E-state index contributed by atoms with van der Waals surface area (Å²) in [5.74, 6) is 0.983. The molecule has 0 aliphatic carbocycles. The minimum atomic E-state index is 0.724. The van der Waals surface area contributed by atoms with Crippen molar-refractivity contribution in [2.45, 2.75) is 33.1 Å². The van der Waals surface area contributed by atoms with Gasteiger partial charge in [0.1, 0.15) is 5.75 Å². The number of aromatic amines is 1. The van der Waals surface area contributed by atoms with Gasteiger partial charge in [0.25, 0.3) is 0 Å². The highest BCUT2D eigenvalue weighted by atomic mass is 16.5. The van der Waals surface area contributed by atoms with Crippen molar-refractivity contribution in [3.63, 3.8) is 0 Å². The molecule has 1 aromatic heterocycles. The summed E-state index contributed by atoms with van der Waals surface area (Å²) in [6.45, 7) is 8.55. The Morgan fingerprint density at radius 2 is 2.10 bits per heavy atom. The second-order valence-electron chi connectivity index (χ2n) is 5.51. The van der Waals surface area contributed by atoms with Gasteiger partial charge in [-0.05, 0) is 63.0 Å². The minimum Gasteiger partial charge on any atom is -0.494 e. The van der Waals surface area contributed by atoms with Gasteiger partial charge >= 0.3 is 0 Å². The smallest absolute Gasteiger partial charge is 0.120 e. The van der Waals surface area contributed by atoms with Crippen LogP contribution in [0.1, 0.15) is 31.5 Å². The molecule has 2 aromatic rings. The Bertz CT molecular complexity index is 588. The van der Waals surface area contributed by atoms with Gasteiger partial charge in [-0.25, -0.2) is 0 Å². The summed E-state index contributed by atoms with van der Waals surface area (Å²) in [5, 5.41) is 1.35. The summed E-state index contributed by atoms with van der Waals surface area (Å²) in [6, 6.07) is 6.42. The number of aromatic nitrogens is 1. The standard InChI is InChI=1S/C17H24N2O/c1-3-19-10-5-6-16-14(9-11-19)15-12-13(20-4-2)7-8-17(15)18-16/h7-8,12,18H,3-6,9-11H2,1-2H3. The van der Waals surface area contributed by atoms with Crippen LogP contribution < -0.4 is 4.74 Å². The van der Waals surface area contributed by atoms with E-state index in [1.165, 1.54) is 35.1 Å². The fourth-order valence-electron chi connectivity index (χ4n) is 3.22. The summed E-state index contributed by atoms with van der Waals surface area (Å²) in [4.78, 5) is 6.16. The van der Waals surface area contributed by atoms with Crippen molar-refractivity contribution < 1.29 is 4.74 Å². The number of likely N-dealkylation sites (N-methyl/N-ethyl adjacent to an activating group) is 1. The number of nitrogens with zero attached hydrogens (tertiary/aromatic N) is 1. The lowest BCUT2D eigenvalue weighted by Gasteiger charge is -2.23. The van der Waals surface area contributed by atoms with Gasteiger partial charge in [-0.15, -0.1) is 0 Å². The van der Waals surface area contributed by atoms with Crippen molar-refractivity contribution in [2.24, 2.45) is 0 Å². The zero-order valence-electron chi connectivity index (χ0n) is 12.5. The van der Waals surface area contributed by atoms with Gasteiger partial charge in [-0.3, -0.25) is 0 Å². The van der Waals surface area contributed by atoms with Crippen LogP contribution in [0.3, 0.4) is 0 Å². The van der Waals surface area contributed by atoms with E-state index in [1.54, 1.807) is 0 Å². The summed E-state index contributed by atoms with van der Waals surface area (Å²) in [7, 11) is 0. The number of H-pyrrole nitrogens is 1. The largest absolute Gasteiger partial charge is 0.494 e. The maximum atomic E-state index is 5.65. The zero-order valence-corrected chi connectivity index (χ0v) is 12.5. The molecule has 0 radical (unpaired) electrons. The third-order valence-electron chi connectivity index (χ3n) is 4.30. The van der Waals surface area contributed by atoms with Gasteiger partial charge < -0.3 is 14.6 Å². The normalized spacial score (nSPS) is 16.7. The second-order valence-corrected chi connectivity index (χ2v) is 5.51. The van der Waals surface area contributed by atoms with Crippen molar-refractivity contribution >= 4 is 10.9 Å². The highest BCUT2D eigenvalue weighted by Gasteiger charge is 2.16. The molecule has 0 atom stereocenters. The van der Waals surface area contributed by atoms with E-state index in [2.05, 4.69) is 35.0 Å². The number of rotatable bonds is 3. The second kappa shape index (κ2) is 5.88. The van der Waals surface area contributed by atoms with Crippen molar-refractivity contribution in [1.82, 2.24) is 9.88 Å². The summed E-state index contributed by atoms with van der Waals surface area (Å²) in [6.07, 6.45) is 3.54. The number of hydrogen-bond donors (Lipinski definition) is 1. The average molecular weight is 272 g/mol. The molecule has 0 spiro atoms. The average Bonchev–Trinajstić information content (AvgIpc) is 2.76. The number of ether oxygens (including phenoxy) is 1. The van der Waals surface area contributed by atoms with Crippen LogP contribution in [0.2, 0.25) is 0 Å². The molecule has 1 aliphatic rings. The van der Waals surface area contributed by atoms with Gasteiger partial charge in [0, 0.05) is 23.1 Å². The first kappa shape index (κ1) is 13.5. The first-order valence-electron chi connectivity index (χ1n) is 7.80. The SMILES string of the molecule is CCOc1ccc2[nH]c3c(c2c1)CCN(CC)CCC3. The van der Waals surface area contributed by atoms with Crippen LogP contribution in [0.25, 0.3) is 10.9 Å². The Hall–Kier alpha value is -1.48. The van der Waals surface area contributed by atoms with Crippen molar-refractivity contribution in [1.29, 1.82) is 0 Å². The van der Waals surface area contributed by atoms with E-state index in [9.17, 15) is 0 Å². The maximum absolute atomic E-state index is 5.65. The first-order valence-corrected chi connectivity index (χ1v) is 7.80. The summed E-state index contributed by atoms with van der Waals surface area (Å²) in [5.41, 5.74) is 4.19. The molecule has 0 unspecified atom stereocenters.